The summed E-state index contributed by atoms with van der Waals surface area (Å²) in [4.78, 5) is 15.9. The number of imidazole rings is 1. The number of aromatic nitrogens is 2. The summed E-state index contributed by atoms with van der Waals surface area (Å²) in [7, 11) is 1.32. The Hall–Kier alpha value is -3.12. The lowest BCUT2D eigenvalue weighted by atomic mass is 9.99. The SMILES string of the molecule is COC(=O)C(Cn1cnc(C#N)c1C#N)c1ccccc1. The molecule has 0 spiro atoms. The number of methoxy groups -OCH3 is 1. The number of carbonyl (C=O) groups is 1. The molecular formula is C15H12N4O2. The van der Waals surface area contributed by atoms with E-state index in [1.807, 2.05) is 42.5 Å². The van der Waals surface area contributed by atoms with E-state index in [1.165, 1.54) is 18.0 Å². The first kappa shape index (κ1) is 14.3. The average Bonchev–Trinajstić information content (AvgIpc) is 2.94. The van der Waals surface area contributed by atoms with Crippen LogP contribution in [0.5, 0.6) is 0 Å². The molecule has 0 fully saturated rings. The van der Waals surface area contributed by atoms with Gasteiger partial charge < -0.3 is 9.30 Å². The van der Waals surface area contributed by atoms with Gasteiger partial charge in [0.25, 0.3) is 0 Å². The Balaban J connectivity index is 2.38. The van der Waals surface area contributed by atoms with Gasteiger partial charge in [0, 0.05) is 6.54 Å². The maximum atomic E-state index is 12.0. The molecule has 6 heteroatoms. The van der Waals surface area contributed by atoms with Crippen molar-refractivity contribution < 1.29 is 9.53 Å². The normalized spacial score (nSPS) is 11.2. The number of nitrogens with zero attached hydrogens (tertiary/aromatic N) is 4. The van der Waals surface area contributed by atoms with Gasteiger partial charge in [-0.1, -0.05) is 30.3 Å². The van der Waals surface area contributed by atoms with Gasteiger partial charge in [-0.05, 0) is 5.56 Å². The van der Waals surface area contributed by atoms with Crippen molar-refractivity contribution in [1.29, 1.82) is 10.5 Å². The summed E-state index contributed by atoms with van der Waals surface area (Å²) in [6.07, 6.45) is 1.38. The van der Waals surface area contributed by atoms with E-state index in [9.17, 15) is 4.79 Å². The minimum Gasteiger partial charge on any atom is -0.468 e. The molecule has 0 radical (unpaired) electrons. The minimum atomic E-state index is -0.566. The molecule has 0 aliphatic heterocycles. The topological polar surface area (TPSA) is 91.7 Å². The second-order valence-electron chi connectivity index (χ2n) is 4.30. The van der Waals surface area contributed by atoms with Crippen molar-refractivity contribution in [2.75, 3.05) is 7.11 Å². The van der Waals surface area contributed by atoms with Crippen LogP contribution < -0.4 is 0 Å². The lowest BCUT2D eigenvalue weighted by Gasteiger charge is -2.16. The first-order valence-electron chi connectivity index (χ1n) is 6.19. The monoisotopic (exact) mass is 280 g/mol. The van der Waals surface area contributed by atoms with Gasteiger partial charge >= 0.3 is 5.97 Å². The van der Waals surface area contributed by atoms with E-state index in [-0.39, 0.29) is 17.9 Å². The third-order valence-electron chi connectivity index (χ3n) is 3.12. The third kappa shape index (κ3) is 2.90. The smallest absolute Gasteiger partial charge is 0.314 e. The summed E-state index contributed by atoms with van der Waals surface area (Å²) in [5.74, 6) is -0.971. The average molecular weight is 280 g/mol. The second kappa shape index (κ2) is 6.36. The van der Waals surface area contributed by atoms with Crippen molar-refractivity contribution in [2.24, 2.45) is 0 Å². The Morgan fingerprint density at radius 1 is 1.33 bits per heavy atom. The number of nitriles is 2. The molecule has 0 N–H and O–H groups in total. The molecule has 1 unspecified atom stereocenters. The van der Waals surface area contributed by atoms with Crippen molar-refractivity contribution in [1.82, 2.24) is 9.55 Å². The molecule has 6 nitrogen and oxygen atoms in total. The van der Waals surface area contributed by atoms with Crippen LogP contribution in [0.15, 0.2) is 36.7 Å². The number of carbonyl (C=O) groups excluding carboxylic acids is 1. The number of esters is 1. The Labute approximate surface area is 121 Å². The Bertz CT molecular complexity index is 722. The Morgan fingerprint density at radius 2 is 2.05 bits per heavy atom. The molecule has 0 saturated carbocycles. The summed E-state index contributed by atoms with van der Waals surface area (Å²) in [6.45, 7) is 0.189. The van der Waals surface area contributed by atoms with Crippen LogP contribution in [-0.2, 0) is 16.1 Å². The van der Waals surface area contributed by atoms with E-state index >= 15 is 0 Å². The van der Waals surface area contributed by atoms with Gasteiger partial charge in [-0.15, -0.1) is 0 Å². The summed E-state index contributed by atoms with van der Waals surface area (Å²) >= 11 is 0. The molecule has 1 aromatic carbocycles. The van der Waals surface area contributed by atoms with E-state index in [4.69, 9.17) is 15.3 Å². The van der Waals surface area contributed by atoms with Crippen LogP contribution >= 0.6 is 0 Å². The van der Waals surface area contributed by atoms with Crippen molar-refractivity contribution in [2.45, 2.75) is 12.5 Å². The fourth-order valence-corrected chi connectivity index (χ4v) is 2.06. The first-order chi connectivity index (χ1) is 10.2. The summed E-state index contributed by atoms with van der Waals surface area (Å²) in [6, 6.07) is 12.9. The molecular weight excluding hydrogens is 268 g/mol. The highest BCUT2D eigenvalue weighted by molar-refractivity contribution is 5.78. The number of ether oxygens (including phenoxy) is 1. The fourth-order valence-electron chi connectivity index (χ4n) is 2.06. The highest BCUT2D eigenvalue weighted by Gasteiger charge is 2.23. The molecule has 1 atom stereocenters. The zero-order valence-electron chi connectivity index (χ0n) is 11.4. The number of hydrogen-bond acceptors (Lipinski definition) is 5. The van der Waals surface area contributed by atoms with E-state index in [0.717, 1.165) is 5.56 Å². The van der Waals surface area contributed by atoms with Crippen molar-refractivity contribution in [3.8, 4) is 12.1 Å². The third-order valence-corrected chi connectivity index (χ3v) is 3.12. The van der Waals surface area contributed by atoms with Crippen molar-refractivity contribution in [3.63, 3.8) is 0 Å². The zero-order valence-corrected chi connectivity index (χ0v) is 11.4. The van der Waals surface area contributed by atoms with Gasteiger partial charge in [0.05, 0.1) is 19.4 Å². The Morgan fingerprint density at radius 3 is 2.62 bits per heavy atom. The van der Waals surface area contributed by atoms with Gasteiger partial charge in [0.1, 0.15) is 12.1 Å². The maximum absolute atomic E-state index is 12.0. The van der Waals surface area contributed by atoms with Gasteiger partial charge in [-0.25, -0.2) is 4.98 Å². The van der Waals surface area contributed by atoms with Gasteiger partial charge in [0.15, 0.2) is 11.4 Å². The number of benzene rings is 1. The van der Waals surface area contributed by atoms with Crippen molar-refractivity contribution >= 4 is 5.97 Å². The number of hydrogen-bond donors (Lipinski definition) is 0. The predicted molar refractivity (Wildman–Crippen MR) is 72.9 cm³/mol. The predicted octanol–water partition coefficient (Wildman–Crippen LogP) is 1.58. The lowest BCUT2D eigenvalue weighted by molar-refractivity contribution is -0.142. The van der Waals surface area contributed by atoms with Crippen LogP contribution in [0.1, 0.15) is 22.9 Å². The lowest BCUT2D eigenvalue weighted by Crippen LogP contribution is -2.20. The van der Waals surface area contributed by atoms with Gasteiger partial charge in [-0.3, -0.25) is 4.79 Å². The highest BCUT2D eigenvalue weighted by atomic mass is 16.5. The van der Waals surface area contributed by atoms with Gasteiger partial charge in [0.2, 0.25) is 0 Å². The molecule has 1 heterocycles. The van der Waals surface area contributed by atoms with Crippen LogP contribution in [-0.4, -0.2) is 22.6 Å². The molecule has 2 rings (SSSR count). The molecule has 1 aromatic heterocycles. The van der Waals surface area contributed by atoms with Crippen LogP contribution in [0.4, 0.5) is 0 Å². The maximum Gasteiger partial charge on any atom is 0.314 e. The molecule has 0 saturated heterocycles. The van der Waals surface area contributed by atoms with Gasteiger partial charge in [-0.2, -0.15) is 10.5 Å². The summed E-state index contributed by atoms with van der Waals surface area (Å²) in [5, 5.41) is 18.0. The molecule has 0 bridgehead atoms. The number of rotatable bonds is 4. The van der Waals surface area contributed by atoms with E-state index in [1.54, 1.807) is 0 Å². The molecule has 104 valence electrons. The molecule has 21 heavy (non-hydrogen) atoms. The minimum absolute atomic E-state index is 0.0502. The largest absolute Gasteiger partial charge is 0.468 e. The standard InChI is InChI=1S/C15H12N4O2/c1-21-15(20)12(11-5-3-2-4-6-11)9-19-10-18-13(7-16)14(19)8-17/h2-6,10,12H,9H2,1H3. The zero-order chi connectivity index (χ0) is 15.2. The van der Waals surface area contributed by atoms with Crippen LogP contribution in [0.25, 0.3) is 0 Å². The summed E-state index contributed by atoms with van der Waals surface area (Å²) < 4.78 is 6.32. The van der Waals surface area contributed by atoms with E-state index in [0.29, 0.717) is 0 Å². The van der Waals surface area contributed by atoms with E-state index < -0.39 is 11.9 Å². The van der Waals surface area contributed by atoms with Crippen LogP contribution in [0, 0.1) is 22.7 Å². The molecule has 2 aromatic rings. The first-order valence-corrected chi connectivity index (χ1v) is 6.19. The molecule has 0 aliphatic rings. The quantitative estimate of drug-likeness (QED) is 0.793. The fraction of sp³-hybridized carbons (Fsp3) is 0.200. The van der Waals surface area contributed by atoms with E-state index in [2.05, 4.69) is 4.98 Å². The second-order valence-corrected chi connectivity index (χ2v) is 4.30. The molecule has 0 aliphatic carbocycles. The Kier molecular flexibility index (Phi) is 4.33. The van der Waals surface area contributed by atoms with Crippen LogP contribution in [0.2, 0.25) is 0 Å². The van der Waals surface area contributed by atoms with Crippen LogP contribution in [0.3, 0.4) is 0 Å². The molecule has 0 amide bonds. The summed E-state index contributed by atoms with van der Waals surface area (Å²) in [5.41, 5.74) is 0.969. The van der Waals surface area contributed by atoms with Crippen molar-refractivity contribution in [3.05, 3.63) is 53.6 Å². The highest BCUT2D eigenvalue weighted by Crippen LogP contribution is 2.21.